The average Bonchev–Trinajstić information content (AvgIpc) is 3.15. The molecule has 1 aliphatic carbocycles. The predicted molar refractivity (Wildman–Crippen MR) is 98.5 cm³/mol. The highest BCUT2D eigenvalue weighted by Gasteiger charge is 2.31. The maximum Gasteiger partial charge on any atom is 0.135 e. The van der Waals surface area contributed by atoms with E-state index in [9.17, 15) is 0 Å². The molecule has 0 saturated heterocycles. The number of fused-ring (bicyclic) bond motifs is 7. The fourth-order valence-corrected chi connectivity index (χ4v) is 4.19. The summed E-state index contributed by atoms with van der Waals surface area (Å²) in [5.74, 6) is 0.368. The highest BCUT2D eigenvalue weighted by molar-refractivity contribution is 6.07. The number of rotatable bonds is 0. The standard InChI is InChI=1S/C22H15NO/c1-2-6-14-10-19-16(9-13(14)5-1)17-12-22-18(11-20(17)23-19)15-7-3-4-8-21(15)24-22/h1-12,16,19,23H. The van der Waals surface area contributed by atoms with E-state index in [4.69, 9.17) is 4.42 Å². The van der Waals surface area contributed by atoms with Crippen LogP contribution >= 0.6 is 0 Å². The van der Waals surface area contributed by atoms with Crippen molar-refractivity contribution in [3.05, 3.63) is 76.7 Å². The molecule has 0 spiro atoms. The Morgan fingerprint density at radius 1 is 0.750 bits per heavy atom. The Morgan fingerprint density at radius 2 is 1.54 bits per heavy atom. The van der Waals surface area contributed by atoms with E-state index in [1.54, 1.807) is 0 Å². The molecule has 1 aliphatic heterocycles. The number of anilines is 1. The number of hydrogen-bond donors (Lipinski definition) is 1. The minimum absolute atomic E-state index is 0.327. The van der Waals surface area contributed by atoms with Gasteiger partial charge in [-0.25, -0.2) is 0 Å². The summed E-state index contributed by atoms with van der Waals surface area (Å²) < 4.78 is 6.08. The molecule has 4 aromatic rings. The molecular formula is C22H15NO. The van der Waals surface area contributed by atoms with Crippen LogP contribution in [0.5, 0.6) is 0 Å². The summed E-state index contributed by atoms with van der Waals surface area (Å²) >= 11 is 0. The van der Waals surface area contributed by atoms with Crippen molar-refractivity contribution >= 4 is 39.8 Å². The molecule has 2 heterocycles. The van der Waals surface area contributed by atoms with Crippen molar-refractivity contribution in [3.63, 3.8) is 0 Å². The van der Waals surface area contributed by atoms with Crippen LogP contribution in [-0.4, -0.2) is 6.04 Å². The lowest BCUT2D eigenvalue weighted by molar-refractivity contribution is 0.668. The Kier molecular flexibility index (Phi) is 2.22. The molecule has 2 unspecified atom stereocenters. The van der Waals surface area contributed by atoms with E-state index in [1.807, 2.05) is 12.1 Å². The Balaban J connectivity index is 1.62. The van der Waals surface area contributed by atoms with E-state index in [1.165, 1.54) is 32.5 Å². The second-order valence-corrected chi connectivity index (χ2v) is 6.69. The van der Waals surface area contributed by atoms with Gasteiger partial charge in [0, 0.05) is 22.4 Å². The number of furan rings is 1. The molecule has 0 saturated carbocycles. The second kappa shape index (κ2) is 4.30. The quantitative estimate of drug-likeness (QED) is 0.535. The van der Waals surface area contributed by atoms with E-state index in [2.05, 4.69) is 66.0 Å². The first-order valence-corrected chi connectivity index (χ1v) is 8.37. The molecule has 0 bridgehead atoms. The zero-order chi connectivity index (χ0) is 15.7. The van der Waals surface area contributed by atoms with E-state index < -0.39 is 0 Å². The highest BCUT2D eigenvalue weighted by atomic mass is 16.3. The van der Waals surface area contributed by atoms with Gasteiger partial charge in [-0.3, -0.25) is 0 Å². The second-order valence-electron chi connectivity index (χ2n) is 6.69. The molecule has 2 aliphatic rings. The molecule has 1 N–H and O–H groups in total. The van der Waals surface area contributed by atoms with Gasteiger partial charge in [-0.2, -0.15) is 0 Å². The van der Waals surface area contributed by atoms with Crippen molar-refractivity contribution in [2.24, 2.45) is 0 Å². The average molecular weight is 309 g/mol. The molecule has 0 amide bonds. The van der Waals surface area contributed by atoms with Gasteiger partial charge in [0.05, 0.1) is 6.04 Å². The minimum atomic E-state index is 0.327. The summed E-state index contributed by atoms with van der Waals surface area (Å²) in [6.45, 7) is 0. The zero-order valence-corrected chi connectivity index (χ0v) is 13.0. The molecule has 24 heavy (non-hydrogen) atoms. The topological polar surface area (TPSA) is 25.2 Å². The third kappa shape index (κ3) is 1.55. The van der Waals surface area contributed by atoms with Crippen molar-refractivity contribution < 1.29 is 4.42 Å². The molecule has 6 rings (SSSR count). The lowest BCUT2D eigenvalue weighted by Crippen LogP contribution is -2.34. The Labute approximate surface area is 138 Å². The predicted octanol–water partition coefficient (Wildman–Crippen LogP) is 3.74. The minimum Gasteiger partial charge on any atom is -0.456 e. The molecule has 114 valence electrons. The van der Waals surface area contributed by atoms with Gasteiger partial charge in [0.15, 0.2) is 0 Å². The molecule has 3 aromatic carbocycles. The van der Waals surface area contributed by atoms with Gasteiger partial charge in [-0.05, 0) is 34.2 Å². The fraction of sp³-hybridized carbons (Fsp3) is 0.0909. The highest BCUT2D eigenvalue weighted by Crippen LogP contribution is 2.42. The molecule has 0 radical (unpaired) electrons. The van der Waals surface area contributed by atoms with E-state index >= 15 is 0 Å². The van der Waals surface area contributed by atoms with Crippen molar-refractivity contribution in [1.29, 1.82) is 0 Å². The van der Waals surface area contributed by atoms with Crippen LogP contribution in [0.15, 0.2) is 65.1 Å². The van der Waals surface area contributed by atoms with Crippen LogP contribution in [0, 0.1) is 0 Å². The SMILES string of the molecule is C1=c2ccccc2=CC2c3cc4oc5ccccc5c4cc3NC12. The maximum absolute atomic E-state index is 6.08. The molecule has 2 nitrogen and oxygen atoms in total. The maximum atomic E-state index is 6.08. The van der Waals surface area contributed by atoms with Gasteiger partial charge in [-0.15, -0.1) is 0 Å². The Bertz CT molecular complexity index is 1250. The first-order chi connectivity index (χ1) is 11.9. The van der Waals surface area contributed by atoms with Gasteiger partial charge >= 0.3 is 0 Å². The van der Waals surface area contributed by atoms with E-state index in [-0.39, 0.29) is 0 Å². The number of hydrogen-bond acceptors (Lipinski definition) is 2. The van der Waals surface area contributed by atoms with Gasteiger partial charge < -0.3 is 9.73 Å². The smallest absolute Gasteiger partial charge is 0.135 e. The van der Waals surface area contributed by atoms with Crippen LogP contribution < -0.4 is 15.8 Å². The molecular weight excluding hydrogens is 294 g/mol. The third-order valence-corrected chi connectivity index (χ3v) is 5.33. The van der Waals surface area contributed by atoms with Crippen molar-refractivity contribution in [3.8, 4) is 0 Å². The lowest BCUT2D eigenvalue weighted by Gasteiger charge is -2.17. The Morgan fingerprint density at radius 3 is 2.46 bits per heavy atom. The summed E-state index contributed by atoms with van der Waals surface area (Å²) in [7, 11) is 0. The number of nitrogens with one attached hydrogen (secondary N) is 1. The summed E-state index contributed by atoms with van der Waals surface area (Å²) in [5.41, 5.74) is 4.49. The molecule has 2 atom stereocenters. The van der Waals surface area contributed by atoms with Crippen LogP contribution in [-0.2, 0) is 0 Å². The van der Waals surface area contributed by atoms with Crippen molar-refractivity contribution in [1.82, 2.24) is 0 Å². The largest absolute Gasteiger partial charge is 0.456 e. The lowest BCUT2D eigenvalue weighted by atomic mass is 9.89. The summed E-state index contributed by atoms with van der Waals surface area (Å²) in [4.78, 5) is 0. The number of para-hydroxylation sites is 1. The van der Waals surface area contributed by atoms with Crippen LogP contribution in [0.1, 0.15) is 11.5 Å². The first-order valence-electron chi connectivity index (χ1n) is 8.37. The monoisotopic (exact) mass is 309 g/mol. The van der Waals surface area contributed by atoms with Crippen LogP contribution in [0.2, 0.25) is 0 Å². The van der Waals surface area contributed by atoms with Crippen LogP contribution in [0.25, 0.3) is 34.1 Å². The molecule has 1 aromatic heterocycles. The van der Waals surface area contributed by atoms with Gasteiger partial charge in [0.1, 0.15) is 11.2 Å². The summed E-state index contributed by atoms with van der Waals surface area (Å²) in [6, 6.07) is 21.6. The molecule has 2 heteroatoms. The number of benzene rings is 3. The van der Waals surface area contributed by atoms with Gasteiger partial charge in [-0.1, -0.05) is 54.6 Å². The van der Waals surface area contributed by atoms with Crippen LogP contribution in [0.4, 0.5) is 5.69 Å². The fourth-order valence-electron chi connectivity index (χ4n) is 4.19. The van der Waals surface area contributed by atoms with Crippen molar-refractivity contribution in [2.75, 3.05) is 5.32 Å². The first kappa shape index (κ1) is 12.4. The van der Waals surface area contributed by atoms with Crippen LogP contribution in [0.3, 0.4) is 0 Å². The van der Waals surface area contributed by atoms with Gasteiger partial charge in [0.25, 0.3) is 0 Å². The summed E-state index contributed by atoms with van der Waals surface area (Å²) in [5, 5.41) is 8.70. The third-order valence-electron chi connectivity index (χ3n) is 5.33. The zero-order valence-electron chi connectivity index (χ0n) is 13.0. The summed E-state index contributed by atoms with van der Waals surface area (Å²) in [6.07, 6.45) is 4.73. The van der Waals surface area contributed by atoms with E-state index in [0.29, 0.717) is 12.0 Å². The molecule has 0 fully saturated rings. The van der Waals surface area contributed by atoms with Crippen molar-refractivity contribution in [2.45, 2.75) is 12.0 Å². The van der Waals surface area contributed by atoms with E-state index in [0.717, 1.165) is 11.2 Å². The normalized spacial score (nSPS) is 20.7. The van der Waals surface area contributed by atoms with Gasteiger partial charge in [0.2, 0.25) is 0 Å². The Hall–Kier alpha value is -3.00.